The van der Waals surface area contributed by atoms with Crippen molar-refractivity contribution in [2.45, 2.75) is 6.54 Å². The van der Waals surface area contributed by atoms with Gasteiger partial charge in [0.2, 0.25) is 5.88 Å². The second-order valence-electron chi connectivity index (χ2n) is 4.44. The summed E-state index contributed by atoms with van der Waals surface area (Å²) in [6, 6.07) is 3.76. The average molecular weight is 301 g/mol. The van der Waals surface area contributed by atoms with Gasteiger partial charge in [0.1, 0.15) is 6.61 Å². The monoisotopic (exact) mass is 301 g/mol. The first-order valence-electron chi connectivity index (χ1n) is 6.69. The van der Waals surface area contributed by atoms with E-state index in [2.05, 4.69) is 30.8 Å². The minimum absolute atomic E-state index is 0.480. The van der Waals surface area contributed by atoms with Gasteiger partial charge in [-0.25, -0.2) is 4.98 Å². The molecule has 0 aliphatic rings. The van der Waals surface area contributed by atoms with Crippen LogP contribution in [0.4, 0.5) is 5.82 Å². The maximum atomic E-state index is 5.41. The third kappa shape index (κ3) is 3.26. The molecule has 0 fully saturated rings. The molecule has 22 heavy (non-hydrogen) atoms. The fraction of sp³-hybridized carbons (Fsp3) is 0.308. The maximum Gasteiger partial charge on any atom is 0.213 e. The quantitative estimate of drug-likeness (QED) is 0.632. The van der Waals surface area contributed by atoms with Gasteiger partial charge in [0.15, 0.2) is 11.5 Å². The average Bonchev–Trinajstić information content (AvgIpc) is 3.03. The standard InChI is InChI=1S/C13H15N7O2/c1-21-4-5-22-13-3-2-10(7-16-13)6-15-11-8-14-9-12-17-18-19-20(11)12/h2-3,7-9,15H,4-6H2,1H3. The lowest BCUT2D eigenvalue weighted by Crippen LogP contribution is -2.07. The first-order valence-corrected chi connectivity index (χ1v) is 6.69. The molecular weight excluding hydrogens is 286 g/mol. The number of nitrogens with zero attached hydrogens (tertiary/aromatic N) is 6. The van der Waals surface area contributed by atoms with Crippen molar-refractivity contribution >= 4 is 11.5 Å². The predicted molar refractivity (Wildman–Crippen MR) is 77.5 cm³/mol. The summed E-state index contributed by atoms with van der Waals surface area (Å²) in [6.07, 6.45) is 5.01. The molecule has 9 heteroatoms. The molecule has 0 bridgehead atoms. The summed E-state index contributed by atoms with van der Waals surface area (Å²) < 4.78 is 11.9. The number of ether oxygens (including phenoxy) is 2. The number of methoxy groups -OCH3 is 1. The van der Waals surface area contributed by atoms with Crippen molar-refractivity contribution in [3.63, 3.8) is 0 Å². The third-order valence-electron chi connectivity index (χ3n) is 2.92. The lowest BCUT2D eigenvalue weighted by atomic mass is 10.3. The number of rotatable bonds is 7. The zero-order valence-electron chi connectivity index (χ0n) is 12.0. The Morgan fingerprint density at radius 2 is 2.14 bits per heavy atom. The van der Waals surface area contributed by atoms with Crippen molar-refractivity contribution in [3.8, 4) is 5.88 Å². The van der Waals surface area contributed by atoms with Gasteiger partial charge < -0.3 is 14.8 Å². The normalized spacial score (nSPS) is 10.8. The minimum Gasteiger partial charge on any atom is -0.475 e. The van der Waals surface area contributed by atoms with Crippen LogP contribution < -0.4 is 10.1 Å². The molecule has 0 aromatic carbocycles. The molecule has 3 rings (SSSR count). The Morgan fingerprint density at radius 3 is 2.95 bits per heavy atom. The summed E-state index contributed by atoms with van der Waals surface area (Å²) in [6.45, 7) is 1.59. The van der Waals surface area contributed by atoms with Crippen LogP contribution in [0, 0.1) is 0 Å². The molecule has 3 heterocycles. The van der Waals surface area contributed by atoms with Crippen molar-refractivity contribution in [1.29, 1.82) is 0 Å². The lowest BCUT2D eigenvalue weighted by molar-refractivity contribution is 0.143. The molecule has 3 aromatic heterocycles. The molecular formula is C13H15N7O2. The van der Waals surface area contributed by atoms with Crippen LogP contribution >= 0.6 is 0 Å². The van der Waals surface area contributed by atoms with Gasteiger partial charge >= 0.3 is 0 Å². The summed E-state index contributed by atoms with van der Waals surface area (Å²) in [7, 11) is 1.63. The number of nitrogens with one attached hydrogen (secondary N) is 1. The van der Waals surface area contributed by atoms with Crippen LogP contribution in [0.1, 0.15) is 5.56 Å². The predicted octanol–water partition coefficient (Wildman–Crippen LogP) is 0.552. The van der Waals surface area contributed by atoms with Crippen LogP contribution in [-0.2, 0) is 11.3 Å². The molecule has 114 valence electrons. The minimum atomic E-state index is 0.480. The number of anilines is 1. The SMILES string of the molecule is COCCOc1ccc(CNc2cncc3nnnn23)cn1. The van der Waals surface area contributed by atoms with E-state index in [-0.39, 0.29) is 0 Å². The van der Waals surface area contributed by atoms with Crippen LogP contribution in [0.25, 0.3) is 5.65 Å². The summed E-state index contributed by atoms with van der Waals surface area (Å²) in [5.41, 5.74) is 1.59. The summed E-state index contributed by atoms with van der Waals surface area (Å²) in [5.74, 6) is 1.29. The number of hydrogen-bond acceptors (Lipinski definition) is 8. The third-order valence-corrected chi connectivity index (χ3v) is 2.92. The molecule has 9 nitrogen and oxygen atoms in total. The molecule has 3 aromatic rings. The second kappa shape index (κ2) is 6.76. The van der Waals surface area contributed by atoms with Crippen LogP contribution in [-0.4, -0.2) is 50.3 Å². The largest absolute Gasteiger partial charge is 0.475 e. The molecule has 0 amide bonds. The van der Waals surface area contributed by atoms with E-state index in [1.165, 1.54) is 0 Å². The van der Waals surface area contributed by atoms with Gasteiger partial charge in [0.25, 0.3) is 0 Å². The van der Waals surface area contributed by atoms with Crippen molar-refractivity contribution in [2.75, 3.05) is 25.6 Å². The van der Waals surface area contributed by atoms with Crippen molar-refractivity contribution in [3.05, 3.63) is 36.3 Å². The Hall–Kier alpha value is -2.81. The molecule has 0 aliphatic carbocycles. The summed E-state index contributed by atoms with van der Waals surface area (Å²) in [5, 5.41) is 14.6. The van der Waals surface area contributed by atoms with Crippen molar-refractivity contribution in [2.24, 2.45) is 0 Å². The van der Waals surface area contributed by atoms with E-state index in [0.29, 0.717) is 37.1 Å². The highest BCUT2D eigenvalue weighted by molar-refractivity contribution is 5.44. The van der Waals surface area contributed by atoms with Gasteiger partial charge in [-0.1, -0.05) is 6.07 Å². The van der Waals surface area contributed by atoms with Crippen molar-refractivity contribution < 1.29 is 9.47 Å². The Morgan fingerprint density at radius 1 is 1.18 bits per heavy atom. The Kier molecular flexibility index (Phi) is 4.35. The van der Waals surface area contributed by atoms with E-state index in [4.69, 9.17) is 9.47 Å². The highest BCUT2D eigenvalue weighted by Crippen LogP contribution is 2.11. The highest BCUT2D eigenvalue weighted by atomic mass is 16.5. The van der Waals surface area contributed by atoms with Crippen LogP contribution in [0.2, 0.25) is 0 Å². The number of aromatic nitrogens is 6. The van der Waals surface area contributed by atoms with Gasteiger partial charge in [0.05, 0.1) is 19.0 Å². The molecule has 0 aliphatic heterocycles. The van der Waals surface area contributed by atoms with E-state index in [1.54, 1.807) is 30.2 Å². The molecule has 0 saturated heterocycles. The zero-order chi connectivity index (χ0) is 15.2. The fourth-order valence-corrected chi connectivity index (χ4v) is 1.82. The maximum absolute atomic E-state index is 5.41. The van der Waals surface area contributed by atoms with Crippen molar-refractivity contribution in [1.82, 2.24) is 30.0 Å². The molecule has 0 radical (unpaired) electrons. The Bertz CT molecular complexity index is 729. The molecule has 1 N–H and O–H groups in total. The van der Waals surface area contributed by atoms with E-state index in [0.717, 1.165) is 5.56 Å². The van der Waals surface area contributed by atoms with E-state index >= 15 is 0 Å². The summed E-state index contributed by atoms with van der Waals surface area (Å²) in [4.78, 5) is 8.31. The number of tetrazole rings is 1. The first-order chi connectivity index (χ1) is 10.9. The summed E-state index contributed by atoms with van der Waals surface area (Å²) >= 11 is 0. The Labute approximate surface area is 126 Å². The highest BCUT2D eigenvalue weighted by Gasteiger charge is 2.04. The zero-order valence-corrected chi connectivity index (χ0v) is 12.0. The van der Waals surface area contributed by atoms with E-state index < -0.39 is 0 Å². The van der Waals surface area contributed by atoms with E-state index in [1.807, 2.05) is 12.1 Å². The van der Waals surface area contributed by atoms with Crippen LogP contribution in [0.15, 0.2) is 30.7 Å². The first kappa shape index (κ1) is 14.1. The van der Waals surface area contributed by atoms with Gasteiger partial charge in [-0.2, -0.15) is 4.52 Å². The molecule has 0 atom stereocenters. The smallest absolute Gasteiger partial charge is 0.213 e. The van der Waals surface area contributed by atoms with Crippen LogP contribution in [0.3, 0.4) is 0 Å². The van der Waals surface area contributed by atoms with Gasteiger partial charge in [-0.05, 0) is 16.0 Å². The fourth-order valence-electron chi connectivity index (χ4n) is 1.82. The number of pyridine rings is 1. The molecule has 0 unspecified atom stereocenters. The van der Waals surface area contributed by atoms with E-state index in [9.17, 15) is 0 Å². The lowest BCUT2D eigenvalue weighted by Gasteiger charge is -2.08. The molecule has 0 saturated carbocycles. The van der Waals surface area contributed by atoms with Gasteiger partial charge in [0, 0.05) is 25.9 Å². The van der Waals surface area contributed by atoms with Gasteiger partial charge in [-0.15, -0.1) is 5.10 Å². The molecule has 0 spiro atoms. The van der Waals surface area contributed by atoms with Gasteiger partial charge in [-0.3, -0.25) is 4.98 Å². The second-order valence-corrected chi connectivity index (χ2v) is 4.44. The topological polar surface area (TPSA) is 99.3 Å². The Balaban J connectivity index is 1.60. The number of hydrogen-bond donors (Lipinski definition) is 1. The number of fused-ring (bicyclic) bond motifs is 1. The van der Waals surface area contributed by atoms with Crippen LogP contribution in [0.5, 0.6) is 5.88 Å².